The molecule has 0 aromatic rings. The zero-order valence-electron chi connectivity index (χ0n) is 13.6. The third-order valence-corrected chi connectivity index (χ3v) is 3.20. The second-order valence-corrected chi connectivity index (χ2v) is 5.57. The van der Waals surface area contributed by atoms with Crippen molar-refractivity contribution >= 4 is 23.6 Å². The Labute approximate surface area is 135 Å². The molecule has 0 aromatic carbocycles. The summed E-state index contributed by atoms with van der Waals surface area (Å²) in [5, 5.41) is 22.2. The zero-order valence-corrected chi connectivity index (χ0v) is 13.6. The molecule has 0 saturated carbocycles. The predicted octanol–water partition coefficient (Wildman–Crippen LogP) is -0.160. The van der Waals surface area contributed by atoms with Crippen LogP contribution in [0.15, 0.2) is 0 Å². The number of hydrogen-bond acceptors (Lipinski definition) is 5. The van der Waals surface area contributed by atoms with Crippen molar-refractivity contribution in [3.63, 3.8) is 0 Å². The van der Waals surface area contributed by atoms with Crippen molar-refractivity contribution in [3.05, 3.63) is 0 Å². The quantitative estimate of drug-likeness (QED) is 0.368. The van der Waals surface area contributed by atoms with Crippen LogP contribution in [0.4, 0.5) is 0 Å². The van der Waals surface area contributed by atoms with Crippen LogP contribution < -0.4 is 10.6 Å². The van der Waals surface area contributed by atoms with Crippen LogP contribution >= 0.6 is 0 Å². The molecular formula is C15H26N2O6. The van der Waals surface area contributed by atoms with Crippen molar-refractivity contribution < 1.29 is 29.4 Å². The second kappa shape index (κ2) is 11.6. The minimum absolute atomic E-state index is 0.104. The highest BCUT2D eigenvalue weighted by Gasteiger charge is 2.22. The van der Waals surface area contributed by atoms with Crippen molar-refractivity contribution in [2.24, 2.45) is 5.92 Å². The Morgan fingerprint density at radius 3 is 2.17 bits per heavy atom. The third kappa shape index (κ3) is 10.4. The fourth-order valence-corrected chi connectivity index (χ4v) is 1.93. The Hall–Kier alpha value is -1.96. The summed E-state index contributed by atoms with van der Waals surface area (Å²) < 4.78 is 0. The summed E-state index contributed by atoms with van der Waals surface area (Å²) in [7, 11) is 0. The highest BCUT2D eigenvalue weighted by Crippen LogP contribution is 2.08. The molecule has 0 radical (unpaired) electrons. The standard InChI is InChI=1S/C15H26N2O6/c1-10(2)15(23)11(17-12(19)6-7-14(21)22)5-3-4-8-16-13(20)9-18/h10-11,18H,3-9H2,1-2H3,(H,16,20)(H,17,19)(H,21,22)/t11-/m0/s1. The fraction of sp³-hybridized carbons (Fsp3) is 0.733. The van der Waals surface area contributed by atoms with Gasteiger partial charge in [-0.05, 0) is 19.3 Å². The van der Waals surface area contributed by atoms with Crippen molar-refractivity contribution in [2.75, 3.05) is 13.2 Å². The number of carboxylic acids is 1. The van der Waals surface area contributed by atoms with E-state index in [0.717, 1.165) is 0 Å². The van der Waals surface area contributed by atoms with Gasteiger partial charge in [0.2, 0.25) is 11.8 Å². The first-order valence-electron chi connectivity index (χ1n) is 7.70. The summed E-state index contributed by atoms with van der Waals surface area (Å²) in [6.45, 7) is 3.30. The summed E-state index contributed by atoms with van der Waals surface area (Å²) in [5.74, 6) is -2.32. The van der Waals surface area contributed by atoms with Crippen molar-refractivity contribution in [2.45, 2.75) is 52.0 Å². The van der Waals surface area contributed by atoms with Gasteiger partial charge in [-0.2, -0.15) is 0 Å². The SMILES string of the molecule is CC(C)C(=O)[C@H](CCCCNC(=O)CO)NC(=O)CCC(=O)O. The molecule has 8 nitrogen and oxygen atoms in total. The van der Waals surface area contributed by atoms with Gasteiger partial charge in [-0.1, -0.05) is 13.8 Å². The molecule has 0 saturated heterocycles. The van der Waals surface area contributed by atoms with Crippen LogP contribution in [0.2, 0.25) is 0 Å². The molecule has 2 amide bonds. The molecule has 0 bridgehead atoms. The molecule has 0 aliphatic carbocycles. The summed E-state index contributed by atoms with van der Waals surface area (Å²) in [4.78, 5) is 45.1. The summed E-state index contributed by atoms with van der Waals surface area (Å²) in [6, 6.07) is -0.648. The van der Waals surface area contributed by atoms with Crippen LogP contribution in [0.3, 0.4) is 0 Å². The maximum atomic E-state index is 12.1. The number of ketones is 1. The molecule has 0 spiro atoms. The number of carbonyl (C=O) groups is 4. The van der Waals surface area contributed by atoms with E-state index in [-0.39, 0.29) is 24.5 Å². The molecule has 0 fully saturated rings. The third-order valence-electron chi connectivity index (χ3n) is 3.20. The Morgan fingerprint density at radius 1 is 1.00 bits per heavy atom. The van der Waals surface area contributed by atoms with Crippen LogP contribution in [0.25, 0.3) is 0 Å². The highest BCUT2D eigenvalue weighted by atomic mass is 16.4. The van der Waals surface area contributed by atoms with Crippen LogP contribution in [0.5, 0.6) is 0 Å². The normalized spacial score (nSPS) is 11.8. The zero-order chi connectivity index (χ0) is 17.8. The molecule has 0 unspecified atom stereocenters. The van der Waals surface area contributed by atoms with Crippen LogP contribution in [0, 0.1) is 5.92 Å². The number of carboxylic acid groups (broad SMARTS) is 1. The molecular weight excluding hydrogens is 304 g/mol. The molecule has 132 valence electrons. The number of unbranched alkanes of at least 4 members (excludes halogenated alkanes) is 1. The van der Waals surface area contributed by atoms with Gasteiger partial charge < -0.3 is 20.8 Å². The lowest BCUT2D eigenvalue weighted by atomic mass is 9.97. The van der Waals surface area contributed by atoms with E-state index in [1.54, 1.807) is 13.8 Å². The van der Waals surface area contributed by atoms with Gasteiger partial charge in [0, 0.05) is 18.9 Å². The Bertz CT molecular complexity index is 422. The predicted molar refractivity (Wildman–Crippen MR) is 82.6 cm³/mol. The highest BCUT2D eigenvalue weighted by molar-refractivity contribution is 5.90. The molecule has 0 aliphatic heterocycles. The van der Waals surface area contributed by atoms with E-state index < -0.39 is 30.4 Å². The number of amides is 2. The van der Waals surface area contributed by atoms with E-state index >= 15 is 0 Å². The Balaban J connectivity index is 4.30. The van der Waals surface area contributed by atoms with E-state index in [4.69, 9.17) is 10.2 Å². The summed E-state index contributed by atoms with van der Waals surface area (Å²) in [6.07, 6.45) is 1.20. The first-order valence-corrected chi connectivity index (χ1v) is 7.70. The van der Waals surface area contributed by atoms with E-state index in [1.165, 1.54) is 0 Å². The van der Waals surface area contributed by atoms with E-state index in [9.17, 15) is 19.2 Å². The average molecular weight is 330 g/mol. The Morgan fingerprint density at radius 2 is 1.65 bits per heavy atom. The van der Waals surface area contributed by atoms with E-state index in [0.29, 0.717) is 25.8 Å². The topological polar surface area (TPSA) is 133 Å². The van der Waals surface area contributed by atoms with Gasteiger partial charge in [0.15, 0.2) is 5.78 Å². The maximum Gasteiger partial charge on any atom is 0.303 e. The molecule has 8 heteroatoms. The molecule has 0 aromatic heterocycles. The first kappa shape index (κ1) is 21.0. The molecule has 23 heavy (non-hydrogen) atoms. The van der Waals surface area contributed by atoms with Gasteiger partial charge in [-0.3, -0.25) is 19.2 Å². The second-order valence-electron chi connectivity index (χ2n) is 5.57. The lowest BCUT2D eigenvalue weighted by molar-refractivity contribution is -0.139. The number of carbonyl (C=O) groups excluding carboxylic acids is 3. The van der Waals surface area contributed by atoms with Crippen LogP contribution in [-0.4, -0.2) is 53.0 Å². The van der Waals surface area contributed by atoms with Crippen LogP contribution in [0.1, 0.15) is 46.0 Å². The number of hydrogen-bond donors (Lipinski definition) is 4. The van der Waals surface area contributed by atoms with Gasteiger partial charge >= 0.3 is 5.97 Å². The molecule has 1 atom stereocenters. The van der Waals surface area contributed by atoms with Crippen molar-refractivity contribution in [1.82, 2.24) is 10.6 Å². The summed E-state index contributed by atoms with van der Waals surface area (Å²) in [5.41, 5.74) is 0. The van der Waals surface area contributed by atoms with E-state index in [1.807, 2.05) is 0 Å². The van der Waals surface area contributed by atoms with Gasteiger partial charge in [0.25, 0.3) is 0 Å². The van der Waals surface area contributed by atoms with Crippen molar-refractivity contribution in [3.8, 4) is 0 Å². The van der Waals surface area contributed by atoms with Gasteiger partial charge in [-0.25, -0.2) is 0 Å². The molecule has 0 rings (SSSR count). The number of aliphatic carboxylic acids is 1. The first-order chi connectivity index (χ1) is 10.8. The Kier molecular flexibility index (Phi) is 10.6. The lowest BCUT2D eigenvalue weighted by Crippen LogP contribution is -2.42. The number of nitrogens with one attached hydrogen (secondary N) is 2. The van der Waals surface area contributed by atoms with Crippen molar-refractivity contribution in [1.29, 1.82) is 0 Å². The smallest absolute Gasteiger partial charge is 0.303 e. The largest absolute Gasteiger partial charge is 0.481 e. The molecule has 0 heterocycles. The number of Topliss-reactive ketones (excluding diaryl/α,β-unsaturated/α-hetero) is 1. The molecule has 0 aliphatic rings. The van der Waals surface area contributed by atoms with Gasteiger partial charge in [0.1, 0.15) is 6.61 Å². The van der Waals surface area contributed by atoms with E-state index in [2.05, 4.69) is 10.6 Å². The fourth-order valence-electron chi connectivity index (χ4n) is 1.93. The average Bonchev–Trinajstić information content (AvgIpc) is 2.50. The minimum Gasteiger partial charge on any atom is -0.481 e. The number of rotatable bonds is 12. The minimum atomic E-state index is -1.06. The van der Waals surface area contributed by atoms with Gasteiger partial charge in [-0.15, -0.1) is 0 Å². The van der Waals surface area contributed by atoms with Gasteiger partial charge in [0.05, 0.1) is 12.5 Å². The maximum absolute atomic E-state index is 12.1. The summed E-state index contributed by atoms with van der Waals surface area (Å²) >= 11 is 0. The number of aliphatic hydroxyl groups excluding tert-OH is 1. The lowest BCUT2D eigenvalue weighted by Gasteiger charge is -2.19. The van der Waals surface area contributed by atoms with Crippen LogP contribution in [-0.2, 0) is 19.2 Å². The molecule has 4 N–H and O–H groups in total. The monoisotopic (exact) mass is 330 g/mol. The number of aliphatic hydroxyl groups is 1.